The Morgan fingerprint density at radius 3 is 2.22 bits per heavy atom. The van der Waals surface area contributed by atoms with Gasteiger partial charge in [0.15, 0.2) is 0 Å². The van der Waals surface area contributed by atoms with Crippen LogP contribution in [0.4, 0.5) is 13.2 Å². The van der Waals surface area contributed by atoms with Gasteiger partial charge in [-0.1, -0.05) is 54.6 Å². The van der Waals surface area contributed by atoms with E-state index >= 15 is 0 Å². The fourth-order valence-corrected chi connectivity index (χ4v) is 3.55. The number of nitrogens with one attached hydrogen (secondary N) is 1. The van der Waals surface area contributed by atoms with E-state index in [0.29, 0.717) is 25.2 Å². The van der Waals surface area contributed by atoms with Crippen molar-refractivity contribution in [2.24, 2.45) is 0 Å². The summed E-state index contributed by atoms with van der Waals surface area (Å²) in [6.45, 7) is 0.306. The summed E-state index contributed by atoms with van der Waals surface area (Å²) >= 11 is 0. The summed E-state index contributed by atoms with van der Waals surface area (Å²) in [4.78, 5) is 11.0. The van der Waals surface area contributed by atoms with E-state index in [1.54, 1.807) is 0 Å². The molecule has 4 rings (SSSR count). The number of benzene rings is 3. The number of alkyl halides is 3. The summed E-state index contributed by atoms with van der Waals surface area (Å²) in [5.74, 6) is -0.476. The zero-order valence-corrected chi connectivity index (χ0v) is 17.1. The fourth-order valence-electron chi connectivity index (χ4n) is 3.55. The highest BCUT2D eigenvalue weighted by Crippen LogP contribution is 2.33. The highest BCUT2D eigenvalue weighted by atomic mass is 19.4. The molecule has 7 heteroatoms. The van der Waals surface area contributed by atoms with Crippen molar-refractivity contribution in [1.29, 1.82) is 0 Å². The first-order chi connectivity index (χ1) is 15.4. The van der Waals surface area contributed by atoms with Crippen LogP contribution in [-0.4, -0.2) is 24.2 Å². The molecular formula is C25H22F3NO3. The van der Waals surface area contributed by atoms with Crippen molar-refractivity contribution >= 4 is 5.91 Å². The number of hydrogen-bond acceptors (Lipinski definition) is 3. The fraction of sp³-hybridized carbons (Fsp3) is 0.240. The number of rotatable bonds is 7. The number of para-hydroxylation sites is 1. The minimum Gasteiger partial charge on any atom is -0.457 e. The molecule has 0 heterocycles. The van der Waals surface area contributed by atoms with Gasteiger partial charge in [0.2, 0.25) is 0 Å². The van der Waals surface area contributed by atoms with Crippen LogP contribution in [0.1, 0.15) is 18.4 Å². The third-order valence-electron chi connectivity index (χ3n) is 5.31. The first kappa shape index (κ1) is 21.9. The number of hydrogen-bond donors (Lipinski definition) is 1. The zero-order chi connectivity index (χ0) is 22.6. The summed E-state index contributed by atoms with van der Waals surface area (Å²) in [5, 5.41) is 1.99. The summed E-state index contributed by atoms with van der Waals surface area (Å²) < 4.78 is 48.9. The van der Waals surface area contributed by atoms with Gasteiger partial charge in [-0.3, -0.25) is 4.79 Å². The van der Waals surface area contributed by atoms with Crippen LogP contribution in [0.2, 0.25) is 0 Å². The second-order valence-corrected chi connectivity index (χ2v) is 7.67. The molecule has 0 bridgehead atoms. The molecule has 3 aromatic rings. The maximum atomic E-state index is 12.4. The quantitative estimate of drug-likeness (QED) is 0.499. The molecule has 1 aliphatic rings. The van der Waals surface area contributed by atoms with Crippen molar-refractivity contribution in [2.75, 3.05) is 0 Å². The molecule has 4 nitrogen and oxygen atoms in total. The van der Waals surface area contributed by atoms with Gasteiger partial charge in [-0.25, -0.2) is 0 Å². The van der Waals surface area contributed by atoms with E-state index in [0.717, 1.165) is 22.4 Å². The number of carbonyl (C=O) groups excluding carboxylic acids is 1. The first-order valence-electron chi connectivity index (χ1n) is 10.3. The van der Waals surface area contributed by atoms with Crippen molar-refractivity contribution < 1.29 is 27.4 Å². The van der Waals surface area contributed by atoms with E-state index < -0.39 is 18.1 Å². The molecule has 1 amide bonds. The van der Waals surface area contributed by atoms with Crippen molar-refractivity contribution in [2.45, 2.75) is 37.8 Å². The van der Waals surface area contributed by atoms with Gasteiger partial charge in [-0.15, -0.1) is 0 Å². The van der Waals surface area contributed by atoms with Crippen molar-refractivity contribution in [3.63, 3.8) is 0 Å². The van der Waals surface area contributed by atoms with E-state index in [4.69, 9.17) is 9.47 Å². The molecule has 1 saturated carbocycles. The molecule has 0 aliphatic heterocycles. The molecule has 0 spiro atoms. The lowest BCUT2D eigenvalue weighted by molar-refractivity contribution is -0.176. The second kappa shape index (κ2) is 9.44. The number of amides is 1. The molecule has 166 valence electrons. The SMILES string of the molecule is O=C(N[C@H]1C[C@@H](OCc2ccc(Oc3ccccc3)cc2-c2ccccc2)C1)C(F)(F)F. The zero-order valence-electron chi connectivity index (χ0n) is 17.1. The van der Waals surface area contributed by atoms with E-state index in [1.165, 1.54) is 0 Å². The third kappa shape index (κ3) is 5.48. The van der Waals surface area contributed by atoms with Crippen LogP contribution in [0.3, 0.4) is 0 Å². The van der Waals surface area contributed by atoms with Gasteiger partial charge in [0.05, 0.1) is 12.7 Å². The Balaban J connectivity index is 1.42. The lowest BCUT2D eigenvalue weighted by atomic mass is 9.89. The van der Waals surface area contributed by atoms with Gasteiger partial charge >= 0.3 is 12.1 Å². The Labute approximate surface area is 184 Å². The van der Waals surface area contributed by atoms with E-state index in [-0.39, 0.29) is 6.10 Å². The highest BCUT2D eigenvalue weighted by Gasteiger charge is 2.42. The van der Waals surface area contributed by atoms with Crippen LogP contribution in [0.5, 0.6) is 11.5 Å². The Bertz CT molecular complexity index is 1050. The van der Waals surface area contributed by atoms with Gasteiger partial charge < -0.3 is 14.8 Å². The van der Waals surface area contributed by atoms with E-state index in [2.05, 4.69) is 0 Å². The Kier molecular flexibility index (Phi) is 6.46. The number of carbonyl (C=O) groups is 1. The average molecular weight is 441 g/mol. The van der Waals surface area contributed by atoms with Gasteiger partial charge in [0.25, 0.3) is 0 Å². The number of halogens is 3. The summed E-state index contributed by atoms with van der Waals surface area (Å²) in [7, 11) is 0. The minimum absolute atomic E-state index is 0.197. The van der Waals surface area contributed by atoms with E-state index in [1.807, 2.05) is 84.2 Å². The van der Waals surface area contributed by atoms with Gasteiger partial charge in [0.1, 0.15) is 11.5 Å². The van der Waals surface area contributed by atoms with E-state index in [9.17, 15) is 18.0 Å². The summed E-state index contributed by atoms with van der Waals surface area (Å²) in [6.07, 6.45) is -4.34. The molecule has 1 N–H and O–H groups in total. The van der Waals surface area contributed by atoms with Gasteiger partial charge in [0, 0.05) is 6.04 Å². The Morgan fingerprint density at radius 1 is 0.906 bits per heavy atom. The molecule has 1 fully saturated rings. The average Bonchev–Trinajstić information content (AvgIpc) is 2.76. The maximum Gasteiger partial charge on any atom is 0.471 e. The second-order valence-electron chi connectivity index (χ2n) is 7.67. The van der Waals surface area contributed by atoms with Crippen molar-refractivity contribution in [3.05, 3.63) is 84.4 Å². The summed E-state index contributed by atoms with van der Waals surface area (Å²) in [5.41, 5.74) is 2.91. The van der Waals surface area contributed by atoms with Crippen molar-refractivity contribution in [3.8, 4) is 22.6 Å². The lowest BCUT2D eigenvalue weighted by Crippen LogP contribution is -2.51. The van der Waals surface area contributed by atoms with Crippen LogP contribution < -0.4 is 10.1 Å². The molecule has 0 atom stereocenters. The predicted molar refractivity (Wildman–Crippen MR) is 114 cm³/mol. The van der Waals surface area contributed by atoms with Crippen LogP contribution in [-0.2, 0) is 16.1 Å². The molecule has 0 saturated heterocycles. The standard InChI is InChI=1S/C25H22F3NO3/c26-25(27,28)24(30)29-19-13-22(14-19)31-16-18-11-12-21(32-20-9-5-2-6-10-20)15-23(18)17-7-3-1-4-8-17/h1-12,15,19,22H,13-14,16H2,(H,29,30)/t19-,22+. The molecular weight excluding hydrogens is 419 g/mol. The van der Waals surface area contributed by atoms with Crippen LogP contribution in [0.15, 0.2) is 78.9 Å². The van der Waals surface area contributed by atoms with Crippen LogP contribution in [0, 0.1) is 0 Å². The van der Waals surface area contributed by atoms with Gasteiger partial charge in [-0.05, 0) is 53.8 Å². The largest absolute Gasteiger partial charge is 0.471 e. The molecule has 1 aliphatic carbocycles. The third-order valence-corrected chi connectivity index (χ3v) is 5.31. The topological polar surface area (TPSA) is 47.6 Å². The molecule has 0 radical (unpaired) electrons. The molecule has 32 heavy (non-hydrogen) atoms. The Hall–Kier alpha value is -3.32. The van der Waals surface area contributed by atoms with Gasteiger partial charge in [-0.2, -0.15) is 13.2 Å². The minimum atomic E-state index is -4.86. The first-order valence-corrected chi connectivity index (χ1v) is 10.3. The predicted octanol–water partition coefficient (Wildman–Crippen LogP) is 5.87. The molecule has 3 aromatic carbocycles. The monoisotopic (exact) mass is 441 g/mol. The Morgan fingerprint density at radius 2 is 1.56 bits per heavy atom. The maximum absolute atomic E-state index is 12.4. The normalized spacial score (nSPS) is 18.0. The van der Waals surface area contributed by atoms with Crippen molar-refractivity contribution in [1.82, 2.24) is 5.32 Å². The summed E-state index contributed by atoms with van der Waals surface area (Å²) in [6, 6.07) is 24.6. The molecule has 0 unspecified atom stereocenters. The molecule has 0 aromatic heterocycles. The smallest absolute Gasteiger partial charge is 0.457 e. The number of ether oxygens (including phenoxy) is 2. The lowest BCUT2D eigenvalue weighted by Gasteiger charge is -2.35. The van der Waals surface area contributed by atoms with Crippen LogP contribution >= 0.6 is 0 Å². The van der Waals surface area contributed by atoms with Crippen LogP contribution in [0.25, 0.3) is 11.1 Å². The highest BCUT2D eigenvalue weighted by molar-refractivity contribution is 5.82.